The van der Waals surface area contributed by atoms with Crippen LogP contribution in [0, 0.1) is 0 Å². The molecule has 1 aliphatic rings. The molecule has 1 rings (SSSR count). The molecule has 0 saturated carbocycles. The van der Waals surface area contributed by atoms with Crippen LogP contribution in [0.3, 0.4) is 0 Å². The molecule has 2 unspecified atom stereocenters. The minimum atomic E-state index is -0.789. The molecular weight excluding hydrogens is 144 g/mol. The van der Waals surface area contributed by atoms with Crippen molar-refractivity contribution in [1.82, 2.24) is 4.90 Å². The number of nitrogens with two attached hydrogens (primary N) is 1. The van der Waals surface area contributed by atoms with Crippen LogP contribution in [0.2, 0.25) is 0 Å². The summed E-state index contributed by atoms with van der Waals surface area (Å²) in [5.74, 6) is -0.789. The van der Waals surface area contributed by atoms with Gasteiger partial charge in [-0.25, -0.2) is 0 Å². The lowest BCUT2D eigenvalue weighted by Gasteiger charge is -2.24. The van der Waals surface area contributed by atoms with Crippen molar-refractivity contribution in [1.29, 1.82) is 0 Å². The maximum absolute atomic E-state index is 10.5. The highest BCUT2D eigenvalue weighted by atomic mass is 16.4. The summed E-state index contributed by atoms with van der Waals surface area (Å²) in [6.45, 7) is 2.49. The van der Waals surface area contributed by atoms with E-state index >= 15 is 0 Å². The second-order valence-electron chi connectivity index (χ2n) is 2.96. The predicted octanol–water partition coefficient (Wildman–Crippen LogP) is -0.160. The Morgan fingerprint density at radius 2 is 2.45 bits per heavy atom. The zero-order chi connectivity index (χ0) is 8.43. The summed E-state index contributed by atoms with van der Waals surface area (Å²) in [4.78, 5) is 12.4. The number of carboxylic acid groups (broad SMARTS) is 1. The Hall–Kier alpha value is -0.610. The van der Waals surface area contributed by atoms with Crippen molar-refractivity contribution >= 4 is 5.97 Å². The fourth-order valence-electron chi connectivity index (χ4n) is 1.44. The molecule has 0 spiro atoms. The fraction of sp³-hybridized carbons (Fsp3) is 0.857. The van der Waals surface area contributed by atoms with Gasteiger partial charge in [0.25, 0.3) is 0 Å². The van der Waals surface area contributed by atoms with E-state index in [4.69, 9.17) is 10.8 Å². The van der Waals surface area contributed by atoms with Gasteiger partial charge < -0.3 is 10.8 Å². The third-order valence-electron chi connectivity index (χ3n) is 2.20. The molecule has 1 fully saturated rings. The zero-order valence-electron chi connectivity index (χ0n) is 6.66. The molecule has 1 heterocycles. The van der Waals surface area contributed by atoms with E-state index in [0.29, 0.717) is 0 Å². The lowest BCUT2D eigenvalue weighted by atomic mass is 10.3. The number of rotatable bonds is 2. The van der Waals surface area contributed by atoms with Gasteiger partial charge in [0.2, 0.25) is 0 Å². The molecule has 4 heteroatoms. The van der Waals surface area contributed by atoms with Crippen LogP contribution in [0.4, 0.5) is 0 Å². The van der Waals surface area contributed by atoms with Gasteiger partial charge in [-0.05, 0) is 19.8 Å². The molecular formula is C7H14N2O2. The number of likely N-dealkylation sites (tertiary alicyclic amines) is 1. The second-order valence-corrected chi connectivity index (χ2v) is 2.96. The Bertz CT molecular complexity index is 161. The summed E-state index contributed by atoms with van der Waals surface area (Å²) in [5, 5.41) is 8.66. The molecule has 1 aliphatic heterocycles. The van der Waals surface area contributed by atoms with Crippen LogP contribution in [0.1, 0.15) is 19.8 Å². The SMILES string of the molecule is CC(C(=O)O)N1CCCC1N. The summed E-state index contributed by atoms with van der Waals surface area (Å²) in [6.07, 6.45) is 1.87. The lowest BCUT2D eigenvalue weighted by molar-refractivity contribution is -0.142. The molecule has 0 amide bonds. The maximum atomic E-state index is 10.5. The van der Waals surface area contributed by atoms with Crippen LogP contribution >= 0.6 is 0 Å². The van der Waals surface area contributed by atoms with Crippen LogP contribution in [0.15, 0.2) is 0 Å². The molecule has 0 aromatic heterocycles. The zero-order valence-corrected chi connectivity index (χ0v) is 6.66. The third kappa shape index (κ3) is 1.70. The normalized spacial score (nSPS) is 28.7. The van der Waals surface area contributed by atoms with Gasteiger partial charge in [-0.2, -0.15) is 0 Å². The lowest BCUT2D eigenvalue weighted by Crippen LogP contribution is -2.46. The third-order valence-corrected chi connectivity index (χ3v) is 2.20. The van der Waals surface area contributed by atoms with Gasteiger partial charge in [0.1, 0.15) is 6.04 Å². The number of hydrogen-bond donors (Lipinski definition) is 2. The monoisotopic (exact) mass is 158 g/mol. The summed E-state index contributed by atoms with van der Waals surface area (Å²) in [6, 6.07) is -0.438. The van der Waals surface area contributed by atoms with Crippen molar-refractivity contribution in [3.63, 3.8) is 0 Å². The van der Waals surface area contributed by atoms with E-state index in [2.05, 4.69) is 0 Å². The molecule has 0 bridgehead atoms. The maximum Gasteiger partial charge on any atom is 0.320 e. The molecule has 0 aliphatic carbocycles. The van der Waals surface area contributed by atoms with E-state index in [9.17, 15) is 4.79 Å². The Balaban J connectivity index is 2.52. The number of hydrogen-bond acceptors (Lipinski definition) is 3. The molecule has 2 atom stereocenters. The van der Waals surface area contributed by atoms with Crippen LogP contribution in [-0.4, -0.2) is 34.7 Å². The van der Waals surface area contributed by atoms with Gasteiger partial charge in [0.05, 0.1) is 6.17 Å². The van der Waals surface area contributed by atoms with E-state index in [1.165, 1.54) is 0 Å². The van der Waals surface area contributed by atoms with Gasteiger partial charge in [0.15, 0.2) is 0 Å². The first-order chi connectivity index (χ1) is 5.13. The smallest absolute Gasteiger partial charge is 0.320 e. The van der Waals surface area contributed by atoms with E-state index in [-0.39, 0.29) is 6.17 Å². The van der Waals surface area contributed by atoms with Crippen LogP contribution in [0.5, 0.6) is 0 Å². The molecule has 11 heavy (non-hydrogen) atoms. The van der Waals surface area contributed by atoms with Crippen LogP contribution < -0.4 is 5.73 Å². The fourth-order valence-corrected chi connectivity index (χ4v) is 1.44. The molecule has 3 N–H and O–H groups in total. The van der Waals surface area contributed by atoms with Gasteiger partial charge in [-0.3, -0.25) is 9.69 Å². The average molecular weight is 158 g/mol. The van der Waals surface area contributed by atoms with Gasteiger partial charge in [-0.1, -0.05) is 0 Å². The largest absolute Gasteiger partial charge is 0.480 e. The Labute approximate surface area is 66.0 Å². The molecule has 4 nitrogen and oxygen atoms in total. The Morgan fingerprint density at radius 1 is 1.82 bits per heavy atom. The minimum Gasteiger partial charge on any atom is -0.480 e. The number of aliphatic carboxylic acids is 1. The number of carboxylic acids is 1. The van der Waals surface area contributed by atoms with Crippen molar-refractivity contribution in [3.8, 4) is 0 Å². The highest BCUT2D eigenvalue weighted by Crippen LogP contribution is 2.15. The van der Waals surface area contributed by atoms with Gasteiger partial charge in [-0.15, -0.1) is 0 Å². The van der Waals surface area contributed by atoms with Crippen LogP contribution in [-0.2, 0) is 4.79 Å². The van der Waals surface area contributed by atoms with E-state index in [0.717, 1.165) is 19.4 Å². The second kappa shape index (κ2) is 3.19. The van der Waals surface area contributed by atoms with Crippen molar-refractivity contribution in [2.75, 3.05) is 6.54 Å². The number of nitrogens with zero attached hydrogens (tertiary/aromatic N) is 1. The van der Waals surface area contributed by atoms with E-state index in [1.54, 1.807) is 6.92 Å². The average Bonchev–Trinajstić information content (AvgIpc) is 2.33. The van der Waals surface area contributed by atoms with Gasteiger partial charge in [0, 0.05) is 6.54 Å². The Kier molecular flexibility index (Phi) is 2.46. The molecule has 0 aromatic rings. The molecule has 64 valence electrons. The highest BCUT2D eigenvalue weighted by molar-refractivity contribution is 5.72. The van der Waals surface area contributed by atoms with E-state index in [1.807, 2.05) is 4.90 Å². The van der Waals surface area contributed by atoms with E-state index < -0.39 is 12.0 Å². The van der Waals surface area contributed by atoms with Crippen molar-refractivity contribution in [2.45, 2.75) is 32.0 Å². The van der Waals surface area contributed by atoms with Crippen molar-refractivity contribution in [2.24, 2.45) is 5.73 Å². The summed E-state index contributed by atoms with van der Waals surface area (Å²) < 4.78 is 0. The summed E-state index contributed by atoms with van der Waals surface area (Å²) in [5.41, 5.74) is 5.68. The van der Waals surface area contributed by atoms with Crippen molar-refractivity contribution in [3.05, 3.63) is 0 Å². The molecule has 0 aromatic carbocycles. The van der Waals surface area contributed by atoms with Crippen molar-refractivity contribution < 1.29 is 9.90 Å². The minimum absolute atomic E-state index is 0.0545. The number of carbonyl (C=O) groups is 1. The van der Waals surface area contributed by atoms with Gasteiger partial charge >= 0.3 is 5.97 Å². The first kappa shape index (κ1) is 8.49. The quantitative estimate of drug-likeness (QED) is 0.586. The molecule has 1 saturated heterocycles. The highest BCUT2D eigenvalue weighted by Gasteiger charge is 2.29. The topological polar surface area (TPSA) is 66.6 Å². The van der Waals surface area contributed by atoms with Crippen LogP contribution in [0.25, 0.3) is 0 Å². The standard InChI is InChI=1S/C7H14N2O2/c1-5(7(10)11)9-4-2-3-6(9)8/h5-6H,2-4,8H2,1H3,(H,10,11). The summed E-state index contributed by atoms with van der Waals surface area (Å²) >= 11 is 0. The first-order valence-electron chi connectivity index (χ1n) is 3.87. The molecule has 0 radical (unpaired) electrons. The summed E-state index contributed by atoms with van der Waals surface area (Å²) in [7, 11) is 0. The predicted molar refractivity (Wildman–Crippen MR) is 41.0 cm³/mol. The first-order valence-corrected chi connectivity index (χ1v) is 3.87. The Morgan fingerprint density at radius 3 is 2.82 bits per heavy atom.